The molecule has 20 heavy (non-hydrogen) atoms. The van der Waals surface area contributed by atoms with E-state index in [2.05, 4.69) is 29.6 Å². The number of carbonyl (C=O) groups excluding carboxylic acids is 1. The van der Waals surface area contributed by atoms with E-state index in [1.807, 2.05) is 17.9 Å². The Bertz CT molecular complexity index is 397. The summed E-state index contributed by atoms with van der Waals surface area (Å²) in [6.45, 7) is 4.70. The van der Waals surface area contributed by atoms with Gasteiger partial charge in [-0.05, 0) is 38.3 Å². The van der Waals surface area contributed by atoms with Gasteiger partial charge in [0, 0.05) is 13.1 Å². The van der Waals surface area contributed by atoms with Crippen LogP contribution in [0.5, 0.6) is 0 Å². The van der Waals surface area contributed by atoms with Crippen LogP contribution < -0.4 is 5.32 Å². The molecule has 1 unspecified atom stereocenters. The quantitative estimate of drug-likeness (QED) is 0.895. The van der Waals surface area contributed by atoms with E-state index in [4.69, 9.17) is 0 Å². The molecule has 1 aromatic rings. The number of nitrogens with zero attached hydrogens (tertiary/aromatic N) is 1. The lowest BCUT2D eigenvalue weighted by Gasteiger charge is -2.24. The number of hydrogen-bond donors (Lipinski definition) is 1. The molecule has 2 rings (SSSR count). The first-order chi connectivity index (χ1) is 9.77. The van der Waals surface area contributed by atoms with E-state index in [0.717, 1.165) is 38.9 Å². The fourth-order valence-electron chi connectivity index (χ4n) is 2.73. The highest BCUT2D eigenvalue weighted by atomic mass is 16.2. The lowest BCUT2D eigenvalue weighted by atomic mass is 10.1. The van der Waals surface area contributed by atoms with Crippen LogP contribution in [0.3, 0.4) is 0 Å². The van der Waals surface area contributed by atoms with E-state index in [0.29, 0.717) is 0 Å². The average molecular weight is 274 g/mol. The molecule has 1 saturated heterocycles. The molecule has 1 heterocycles. The van der Waals surface area contributed by atoms with E-state index in [1.54, 1.807) is 0 Å². The molecule has 0 spiro atoms. The molecule has 1 amide bonds. The van der Waals surface area contributed by atoms with Crippen molar-refractivity contribution < 1.29 is 4.79 Å². The van der Waals surface area contributed by atoms with Crippen LogP contribution in [0.4, 0.5) is 0 Å². The Morgan fingerprint density at radius 2 is 1.80 bits per heavy atom. The van der Waals surface area contributed by atoms with Crippen molar-refractivity contribution in [3.8, 4) is 0 Å². The first-order valence-corrected chi connectivity index (χ1v) is 7.83. The van der Waals surface area contributed by atoms with Crippen LogP contribution in [-0.2, 0) is 11.2 Å². The molecule has 3 nitrogen and oxygen atoms in total. The van der Waals surface area contributed by atoms with Crippen molar-refractivity contribution in [2.75, 3.05) is 19.6 Å². The third kappa shape index (κ3) is 4.64. The van der Waals surface area contributed by atoms with Crippen molar-refractivity contribution in [1.82, 2.24) is 10.2 Å². The third-order valence-corrected chi connectivity index (χ3v) is 4.00. The zero-order chi connectivity index (χ0) is 14.2. The summed E-state index contributed by atoms with van der Waals surface area (Å²) in [5.41, 5.74) is 1.31. The van der Waals surface area contributed by atoms with E-state index < -0.39 is 0 Å². The number of amides is 1. The summed E-state index contributed by atoms with van der Waals surface area (Å²) in [6.07, 6.45) is 5.81. The van der Waals surface area contributed by atoms with E-state index in [1.165, 1.54) is 18.4 Å². The highest BCUT2D eigenvalue weighted by molar-refractivity contribution is 5.81. The van der Waals surface area contributed by atoms with Crippen LogP contribution in [0.25, 0.3) is 0 Å². The summed E-state index contributed by atoms with van der Waals surface area (Å²) >= 11 is 0. The maximum absolute atomic E-state index is 12.4. The SMILES string of the molecule is CC(NCCc1ccccc1)C(=O)N1CCCCCC1. The number of nitrogens with one attached hydrogen (secondary N) is 1. The van der Waals surface area contributed by atoms with Crippen LogP contribution in [0, 0.1) is 0 Å². The summed E-state index contributed by atoms with van der Waals surface area (Å²) < 4.78 is 0. The van der Waals surface area contributed by atoms with Gasteiger partial charge in [0.1, 0.15) is 0 Å². The molecule has 1 aliphatic heterocycles. The van der Waals surface area contributed by atoms with Gasteiger partial charge in [-0.1, -0.05) is 43.2 Å². The molecule has 0 aromatic heterocycles. The maximum Gasteiger partial charge on any atom is 0.239 e. The Morgan fingerprint density at radius 1 is 1.15 bits per heavy atom. The van der Waals surface area contributed by atoms with Gasteiger partial charge in [-0.25, -0.2) is 0 Å². The van der Waals surface area contributed by atoms with Crippen LogP contribution in [-0.4, -0.2) is 36.5 Å². The number of rotatable bonds is 5. The Hall–Kier alpha value is -1.35. The van der Waals surface area contributed by atoms with E-state index in [-0.39, 0.29) is 11.9 Å². The molecule has 0 saturated carbocycles. The number of likely N-dealkylation sites (tertiary alicyclic amines) is 1. The molecule has 1 aromatic carbocycles. The van der Waals surface area contributed by atoms with Gasteiger partial charge in [0.05, 0.1) is 6.04 Å². The number of hydrogen-bond acceptors (Lipinski definition) is 2. The van der Waals surface area contributed by atoms with Crippen molar-refractivity contribution >= 4 is 5.91 Å². The number of carbonyl (C=O) groups is 1. The predicted molar refractivity (Wildman–Crippen MR) is 82.7 cm³/mol. The highest BCUT2D eigenvalue weighted by Gasteiger charge is 2.20. The van der Waals surface area contributed by atoms with Gasteiger partial charge < -0.3 is 10.2 Å². The zero-order valence-corrected chi connectivity index (χ0v) is 12.5. The molecule has 0 bridgehead atoms. The van der Waals surface area contributed by atoms with Gasteiger partial charge in [-0.3, -0.25) is 4.79 Å². The zero-order valence-electron chi connectivity index (χ0n) is 12.5. The van der Waals surface area contributed by atoms with Gasteiger partial charge in [0.2, 0.25) is 5.91 Å². The van der Waals surface area contributed by atoms with Gasteiger partial charge in [0.25, 0.3) is 0 Å². The summed E-state index contributed by atoms with van der Waals surface area (Å²) in [6, 6.07) is 10.3. The van der Waals surface area contributed by atoms with Crippen molar-refractivity contribution in [3.05, 3.63) is 35.9 Å². The van der Waals surface area contributed by atoms with Gasteiger partial charge in [0.15, 0.2) is 0 Å². The normalized spacial score (nSPS) is 17.6. The second-order valence-electron chi connectivity index (χ2n) is 5.65. The van der Waals surface area contributed by atoms with E-state index in [9.17, 15) is 4.79 Å². The van der Waals surface area contributed by atoms with Crippen LogP contribution in [0.2, 0.25) is 0 Å². The lowest BCUT2D eigenvalue weighted by Crippen LogP contribution is -2.45. The predicted octanol–water partition coefficient (Wildman–Crippen LogP) is 2.61. The monoisotopic (exact) mass is 274 g/mol. The van der Waals surface area contributed by atoms with Crippen LogP contribution in [0.1, 0.15) is 38.2 Å². The summed E-state index contributed by atoms with van der Waals surface area (Å²) in [5.74, 6) is 0.264. The van der Waals surface area contributed by atoms with Gasteiger partial charge in [-0.2, -0.15) is 0 Å². The van der Waals surface area contributed by atoms with Gasteiger partial charge in [-0.15, -0.1) is 0 Å². The Kier molecular flexibility index (Phi) is 6.06. The Labute approximate surface area is 122 Å². The van der Waals surface area contributed by atoms with Gasteiger partial charge >= 0.3 is 0 Å². The molecule has 110 valence electrons. The molecule has 1 atom stereocenters. The molecule has 1 aliphatic rings. The van der Waals surface area contributed by atoms with E-state index >= 15 is 0 Å². The Balaban J connectivity index is 1.73. The molecule has 0 aliphatic carbocycles. The average Bonchev–Trinajstić information content (AvgIpc) is 2.76. The summed E-state index contributed by atoms with van der Waals surface area (Å²) in [7, 11) is 0. The topological polar surface area (TPSA) is 32.3 Å². The van der Waals surface area contributed by atoms with Crippen LogP contribution in [0.15, 0.2) is 30.3 Å². The molecule has 3 heteroatoms. The molecular weight excluding hydrogens is 248 g/mol. The molecule has 1 N–H and O–H groups in total. The fraction of sp³-hybridized carbons (Fsp3) is 0.588. The fourth-order valence-corrected chi connectivity index (χ4v) is 2.73. The molecular formula is C17H26N2O. The summed E-state index contributed by atoms with van der Waals surface area (Å²) in [4.78, 5) is 14.4. The minimum atomic E-state index is -0.0724. The number of benzene rings is 1. The minimum Gasteiger partial charge on any atom is -0.341 e. The first-order valence-electron chi connectivity index (χ1n) is 7.83. The largest absolute Gasteiger partial charge is 0.341 e. The highest BCUT2D eigenvalue weighted by Crippen LogP contribution is 2.10. The molecule has 1 fully saturated rings. The smallest absolute Gasteiger partial charge is 0.239 e. The summed E-state index contributed by atoms with van der Waals surface area (Å²) in [5, 5.41) is 3.36. The second kappa shape index (κ2) is 8.05. The maximum atomic E-state index is 12.4. The Morgan fingerprint density at radius 3 is 2.45 bits per heavy atom. The minimum absolute atomic E-state index is 0.0724. The van der Waals surface area contributed by atoms with Crippen molar-refractivity contribution in [3.63, 3.8) is 0 Å². The third-order valence-electron chi connectivity index (χ3n) is 4.00. The lowest BCUT2D eigenvalue weighted by molar-refractivity contribution is -0.133. The van der Waals surface area contributed by atoms with Crippen LogP contribution >= 0.6 is 0 Å². The van der Waals surface area contributed by atoms with Crippen molar-refractivity contribution in [2.45, 2.75) is 45.1 Å². The standard InChI is InChI=1S/C17H26N2O/c1-15(17(20)19-13-7-2-3-8-14-19)18-12-11-16-9-5-4-6-10-16/h4-6,9-10,15,18H,2-3,7-8,11-14H2,1H3. The molecule has 0 radical (unpaired) electrons. The van der Waals surface area contributed by atoms with Crippen molar-refractivity contribution in [1.29, 1.82) is 0 Å². The first kappa shape index (κ1) is 15.0. The second-order valence-corrected chi connectivity index (χ2v) is 5.65. The van der Waals surface area contributed by atoms with Crippen molar-refractivity contribution in [2.24, 2.45) is 0 Å².